The summed E-state index contributed by atoms with van der Waals surface area (Å²) in [5.41, 5.74) is 8.25. The zero-order valence-electron chi connectivity index (χ0n) is 17.0. The van der Waals surface area contributed by atoms with Gasteiger partial charge in [-0.15, -0.1) is 0 Å². The molecule has 0 saturated heterocycles. The van der Waals surface area contributed by atoms with Crippen LogP contribution in [-0.4, -0.2) is 27.5 Å². The van der Waals surface area contributed by atoms with Crippen molar-refractivity contribution in [2.75, 3.05) is 0 Å². The van der Waals surface area contributed by atoms with Gasteiger partial charge in [-0.05, 0) is 37.2 Å². The molecule has 1 amide bonds. The van der Waals surface area contributed by atoms with E-state index in [1.807, 2.05) is 35.3 Å². The van der Waals surface area contributed by atoms with Crippen molar-refractivity contribution in [2.45, 2.75) is 76.9 Å². The van der Waals surface area contributed by atoms with Crippen molar-refractivity contribution in [1.29, 1.82) is 0 Å². The third kappa shape index (κ3) is 6.20. The second-order valence-electron chi connectivity index (χ2n) is 8.20. The predicted octanol–water partition coefficient (Wildman–Crippen LogP) is 3.67. The fourth-order valence-corrected chi connectivity index (χ4v) is 4.11. The Kier molecular flexibility index (Phi) is 7.66. The van der Waals surface area contributed by atoms with Crippen LogP contribution >= 0.6 is 0 Å². The Morgan fingerprint density at radius 3 is 2.71 bits per heavy atom. The van der Waals surface area contributed by atoms with Crippen molar-refractivity contribution in [3.05, 3.63) is 54.1 Å². The van der Waals surface area contributed by atoms with E-state index in [-0.39, 0.29) is 11.9 Å². The van der Waals surface area contributed by atoms with Crippen LogP contribution < -0.4 is 11.1 Å². The Labute approximate surface area is 168 Å². The normalized spacial score (nSPS) is 20.6. The number of hydrogen-bond acceptors (Lipinski definition) is 3. The van der Waals surface area contributed by atoms with Crippen LogP contribution in [0.4, 0.5) is 0 Å². The highest BCUT2D eigenvalue weighted by atomic mass is 16.2. The highest BCUT2D eigenvalue weighted by Crippen LogP contribution is 2.28. The van der Waals surface area contributed by atoms with Crippen molar-refractivity contribution >= 4 is 5.91 Å². The molecular formula is C23H34N4O. The highest BCUT2D eigenvalue weighted by molar-refractivity contribution is 5.82. The number of nitrogens with two attached hydrogens (primary N) is 1. The molecule has 28 heavy (non-hydrogen) atoms. The molecule has 0 unspecified atom stereocenters. The number of aromatic nitrogens is 2. The highest BCUT2D eigenvalue weighted by Gasteiger charge is 2.24. The van der Waals surface area contributed by atoms with Gasteiger partial charge in [0.25, 0.3) is 0 Å². The first kappa shape index (κ1) is 20.6. The van der Waals surface area contributed by atoms with E-state index in [0.717, 1.165) is 31.0 Å². The van der Waals surface area contributed by atoms with E-state index in [0.29, 0.717) is 6.42 Å². The minimum atomic E-state index is -0.544. The van der Waals surface area contributed by atoms with Gasteiger partial charge in [0.1, 0.15) is 0 Å². The molecular weight excluding hydrogens is 348 g/mol. The molecule has 1 aliphatic carbocycles. The van der Waals surface area contributed by atoms with Gasteiger partial charge in [0.2, 0.25) is 5.91 Å². The number of carbonyl (C=O) groups is 1. The van der Waals surface area contributed by atoms with Crippen molar-refractivity contribution in [2.24, 2.45) is 11.7 Å². The molecule has 2 aromatic rings. The number of amides is 1. The van der Waals surface area contributed by atoms with Crippen molar-refractivity contribution < 1.29 is 4.79 Å². The molecule has 1 fully saturated rings. The summed E-state index contributed by atoms with van der Waals surface area (Å²) in [6.45, 7) is 3.02. The molecule has 0 spiro atoms. The van der Waals surface area contributed by atoms with Crippen LogP contribution in [0.1, 0.15) is 63.1 Å². The number of unbranched alkanes of at least 4 members (excludes halogenated alkanes) is 1. The molecule has 1 heterocycles. The molecule has 0 bridgehead atoms. The van der Waals surface area contributed by atoms with Crippen LogP contribution in [0.25, 0.3) is 0 Å². The standard InChI is InChI=1S/C23H34N4O/c1-2-3-7-18-10-12-20(13-11-18)26-23(28)22(24)14-21-16-27(17-25-21)15-19-8-5-4-6-9-19/h4-6,8-9,16-18,20,22H,2-3,7,10-15,24H2,1H3,(H,26,28)/t18?,20?,22-/m0/s1. The van der Waals surface area contributed by atoms with E-state index in [2.05, 4.69) is 29.4 Å². The lowest BCUT2D eigenvalue weighted by molar-refractivity contribution is -0.123. The minimum Gasteiger partial charge on any atom is -0.352 e. The SMILES string of the molecule is CCCCC1CCC(NC(=O)[C@@H](N)Cc2cn(Cc3ccccc3)cn2)CC1. The summed E-state index contributed by atoms with van der Waals surface area (Å²) in [6, 6.07) is 10.0. The first-order valence-corrected chi connectivity index (χ1v) is 10.7. The van der Waals surface area contributed by atoms with Gasteiger partial charge in [0.05, 0.1) is 18.1 Å². The fourth-order valence-electron chi connectivity index (χ4n) is 4.11. The summed E-state index contributed by atoms with van der Waals surface area (Å²) in [7, 11) is 0. The second-order valence-corrected chi connectivity index (χ2v) is 8.20. The number of rotatable bonds is 9. The molecule has 3 rings (SSSR count). The molecule has 5 heteroatoms. The van der Waals surface area contributed by atoms with Gasteiger partial charge in [0.15, 0.2) is 0 Å². The Morgan fingerprint density at radius 1 is 1.25 bits per heavy atom. The van der Waals surface area contributed by atoms with Crippen LogP contribution in [0.3, 0.4) is 0 Å². The molecule has 0 radical (unpaired) electrons. The van der Waals surface area contributed by atoms with E-state index in [4.69, 9.17) is 5.73 Å². The quantitative estimate of drug-likeness (QED) is 0.695. The number of nitrogens with one attached hydrogen (secondary N) is 1. The molecule has 1 atom stereocenters. The number of benzene rings is 1. The zero-order valence-corrected chi connectivity index (χ0v) is 17.0. The van der Waals surface area contributed by atoms with Crippen molar-refractivity contribution in [1.82, 2.24) is 14.9 Å². The van der Waals surface area contributed by atoms with Gasteiger partial charge in [0, 0.05) is 25.2 Å². The van der Waals surface area contributed by atoms with E-state index >= 15 is 0 Å². The van der Waals surface area contributed by atoms with Gasteiger partial charge in [-0.1, -0.05) is 56.5 Å². The third-order valence-corrected chi connectivity index (χ3v) is 5.82. The first-order chi connectivity index (χ1) is 13.6. The largest absolute Gasteiger partial charge is 0.352 e. The second kappa shape index (κ2) is 10.4. The third-order valence-electron chi connectivity index (χ3n) is 5.82. The Bertz CT molecular complexity index is 719. The summed E-state index contributed by atoms with van der Waals surface area (Å²) >= 11 is 0. The summed E-state index contributed by atoms with van der Waals surface area (Å²) < 4.78 is 2.03. The van der Waals surface area contributed by atoms with Crippen LogP contribution in [-0.2, 0) is 17.8 Å². The fraction of sp³-hybridized carbons (Fsp3) is 0.565. The smallest absolute Gasteiger partial charge is 0.237 e. The lowest BCUT2D eigenvalue weighted by Crippen LogP contribution is -2.47. The van der Waals surface area contributed by atoms with Crippen LogP contribution in [0, 0.1) is 5.92 Å². The topological polar surface area (TPSA) is 72.9 Å². The number of imidazole rings is 1. The molecule has 1 saturated carbocycles. The first-order valence-electron chi connectivity index (χ1n) is 10.7. The van der Waals surface area contributed by atoms with E-state index in [1.54, 1.807) is 0 Å². The molecule has 0 aliphatic heterocycles. The summed E-state index contributed by atoms with van der Waals surface area (Å²) in [4.78, 5) is 16.9. The Balaban J connectivity index is 1.42. The zero-order chi connectivity index (χ0) is 19.8. The summed E-state index contributed by atoms with van der Waals surface area (Å²) in [5, 5.41) is 3.16. The lowest BCUT2D eigenvalue weighted by atomic mass is 9.83. The van der Waals surface area contributed by atoms with Gasteiger partial charge >= 0.3 is 0 Å². The molecule has 1 aromatic heterocycles. The maximum Gasteiger partial charge on any atom is 0.237 e. The molecule has 1 aliphatic rings. The van der Waals surface area contributed by atoms with Gasteiger partial charge in [-0.25, -0.2) is 4.98 Å². The maximum atomic E-state index is 12.5. The van der Waals surface area contributed by atoms with Gasteiger partial charge in [-0.3, -0.25) is 4.79 Å². The predicted molar refractivity (Wildman–Crippen MR) is 113 cm³/mol. The molecule has 5 nitrogen and oxygen atoms in total. The lowest BCUT2D eigenvalue weighted by Gasteiger charge is -2.29. The van der Waals surface area contributed by atoms with Crippen LogP contribution in [0.5, 0.6) is 0 Å². The van der Waals surface area contributed by atoms with Crippen LogP contribution in [0.15, 0.2) is 42.9 Å². The average Bonchev–Trinajstić information content (AvgIpc) is 3.15. The van der Waals surface area contributed by atoms with Gasteiger partial charge < -0.3 is 15.6 Å². The molecule has 1 aromatic carbocycles. The molecule has 3 N–H and O–H groups in total. The average molecular weight is 383 g/mol. The van der Waals surface area contributed by atoms with E-state index < -0.39 is 6.04 Å². The number of hydrogen-bond donors (Lipinski definition) is 2. The Hall–Kier alpha value is -2.14. The summed E-state index contributed by atoms with van der Waals surface area (Å²) in [6.07, 6.45) is 12.8. The number of carbonyl (C=O) groups excluding carboxylic acids is 1. The van der Waals surface area contributed by atoms with E-state index in [1.165, 1.54) is 37.7 Å². The van der Waals surface area contributed by atoms with Crippen molar-refractivity contribution in [3.8, 4) is 0 Å². The van der Waals surface area contributed by atoms with Gasteiger partial charge in [-0.2, -0.15) is 0 Å². The van der Waals surface area contributed by atoms with E-state index in [9.17, 15) is 4.79 Å². The maximum absolute atomic E-state index is 12.5. The molecule has 152 valence electrons. The minimum absolute atomic E-state index is 0.0467. The monoisotopic (exact) mass is 382 g/mol. The van der Waals surface area contributed by atoms with Crippen LogP contribution in [0.2, 0.25) is 0 Å². The summed E-state index contributed by atoms with van der Waals surface area (Å²) in [5.74, 6) is 0.796. The Morgan fingerprint density at radius 2 is 2.00 bits per heavy atom. The number of nitrogens with zero attached hydrogens (tertiary/aromatic N) is 2. The van der Waals surface area contributed by atoms with Crippen molar-refractivity contribution in [3.63, 3.8) is 0 Å².